The number of ether oxygens (including phenoxy) is 1. The number of pyridine rings is 3. The molecule has 1 aliphatic heterocycles. The number of aromatic nitrogens is 5. The number of rotatable bonds is 4. The summed E-state index contributed by atoms with van der Waals surface area (Å²) in [7, 11) is 50.4. The first kappa shape index (κ1) is 27.2. The maximum Gasteiger partial charge on any atom is 0.257 e. The summed E-state index contributed by atoms with van der Waals surface area (Å²) >= 11 is 0. The van der Waals surface area contributed by atoms with Crippen molar-refractivity contribution in [3.63, 3.8) is 0 Å². The number of carbonyl (C=O) groups is 1. The summed E-state index contributed by atoms with van der Waals surface area (Å²) in [6.45, 7) is 0. The molecule has 4 aromatic heterocycles. The summed E-state index contributed by atoms with van der Waals surface area (Å²) in [4.78, 5) is 31.1. The Labute approximate surface area is 236 Å². The van der Waals surface area contributed by atoms with Gasteiger partial charge in [0.2, 0.25) is 0 Å². The van der Waals surface area contributed by atoms with Crippen LogP contribution in [-0.4, -0.2) is 115 Å². The van der Waals surface area contributed by atoms with E-state index in [2.05, 4.69) is 25.3 Å². The van der Waals surface area contributed by atoms with Crippen LogP contribution in [0.15, 0.2) is 55.4 Å². The lowest BCUT2D eigenvalue weighted by atomic mass is 9.30. The van der Waals surface area contributed by atoms with Crippen molar-refractivity contribution in [3.05, 3.63) is 60.9 Å². The van der Waals surface area contributed by atoms with E-state index < -0.39 is 27.4 Å². The maximum absolute atomic E-state index is 13.2. The molecule has 1 aliphatic rings. The van der Waals surface area contributed by atoms with Gasteiger partial charge in [-0.15, -0.1) is 0 Å². The molecule has 0 atom stereocenters. The van der Waals surface area contributed by atoms with Crippen LogP contribution in [-0.2, 0) is 11.8 Å². The van der Waals surface area contributed by atoms with Crippen molar-refractivity contribution in [2.75, 3.05) is 10.2 Å². The molecule has 0 spiro atoms. The summed E-state index contributed by atoms with van der Waals surface area (Å²) in [5.41, 5.74) is 2.48. The molecule has 4 aromatic rings. The van der Waals surface area contributed by atoms with Crippen LogP contribution in [0.1, 0.15) is 10.4 Å². The van der Waals surface area contributed by atoms with Crippen LogP contribution in [0.3, 0.4) is 0 Å². The lowest BCUT2D eigenvalue weighted by Crippen LogP contribution is -2.86. The van der Waals surface area contributed by atoms with E-state index in [1.165, 1.54) is 18.3 Å². The van der Waals surface area contributed by atoms with Gasteiger partial charge in [0.1, 0.15) is 43.0 Å². The van der Waals surface area contributed by atoms with Gasteiger partial charge in [0.25, 0.3) is 5.91 Å². The van der Waals surface area contributed by atoms with E-state index in [1.807, 2.05) is 17.7 Å². The summed E-state index contributed by atoms with van der Waals surface area (Å²) in [5, 5.41) is -5.70. The molecule has 0 saturated carbocycles. The number of morpholine rings is 1. The summed E-state index contributed by atoms with van der Waals surface area (Å²) in [6.07, 6.45) is 7.99. The van der Waals surface area contributed by atoms with Gasteiger partial charge in [-0.05, 0) is 45.7 Å². The molecule has 0 aromatic carbocycles. The normalized spacial score (nSPS) is 18.9. The minimum Gasteiger partial charge on any atom is -0.405 e. The van der Waals surface area contributed by atoms with Gasteiger partial charge in [0, 0.05) is 36.0 Å². The molecular weight excluding hydrogens is 481 g/mol. The van der Waals surface area contributed by atoms with Gasteiger partial charge < -0.3 is 19.5 Å². The van der Waals surface area contributed by atoms with Crippen molar-refractivity contribution in [2.24, 2.45) is 7.05 Å². The molecule has 16 radical (unpaired) electrons. The van der Waals surface area contributed by atoms with Crippen molar-refractivity contribution < 1.29 is 9.53 Å². The maximum atomic E-state index is 13.2. The Balaban J connectivity index is 1.46. The Morgan fingerprint density at radius 1 is 0.897 bits per heavy atom. The SMILES string of the molecule is [B]C1([B])OC([B])([B])C([B])([B])N(c2cc(C(=O)Nc3cc4cc(-c5cncn5C)cnc4cn3)ccn2)C1([B])[B]. The molecule has 0 unspecified atom stereocenters. The van der Waals surface area contributed by atoms with Gasteiger partial charge in [-0.1, -0.05) is 0 Å². The van der Waals surface area contributed by atoms with E-state index in [1.54, 1.807) is 31.0 Å². The fourth-order valence-corrected chi connectivity index (χ4v) is 4.22. The quantitative estimate of drug-likeness (QED) is 0.345. The Morgan fingerprint density at radius 3 is 2.23 bits per heavy atom. The molecule has 172 valence electrons. The van der Waals surface area contributed by atoms with Crippen LogP contribution in [0.25, 0.3) is 22.2 Å². The predicted octanol–water partition coefficient (Wildman–Crippen LogP) is -1.52. The first-order valence-corrected chi connectivity index (χ1v) is 11.5. The molecule has 17 heteroatoms. The minimum atomic E-state index is -2.32. The van der Waals surface area contributed by atoms with E-state index in [0.717, 1.165) is 21.5 Å². The number of aryl methyl sites for hydroxylation is 1. The van der Waals surface area contributed by atoms with E-state index >= 15 is 0 Å². The van der Waals surface area contributed by atoms with Crippen LogP contribution in [0.4, 0.5) is 11.6 Å². The number of carbonyl (C=O) groups excluding carboxylic acids is 1. The van der Waals surface area contributed by atoms with E-state index in [0.29, 0.717) is 5.52 Å². The number of hydrogen-bond donors (Lipinski definition) is 1. The van der Waals surface area contributed by atoms with Crippen molar-refractivity contribution in [1.82, 2.24) is 24.5 Å². The zero-order valence-corrected chi connectivity index (χ0v) is 20.8. The summed E-state index contributed by atoms with van der Waals surface area (Å²) < 4.78 is 7.09. The fourth-order valence-electron chi connectivity index (χ4n) is 4.22. The average molecular weight is 494 g/mol. The van der Waals surface area contributed by atoms with Gasteiger partial charge >= 0.3 is 0 Å². The van der Waals surface area contributed by atoms with Crippen molar-refractivity contribution >= 4 is 91.2 Å². The largest absolute Gasteiger partial charge is 0.405 e. The molecule has 0 bridgehead atoms. The second-order valence-electron chi connectivity index (χ2n) is 9.41. The molecule has 5 heterocycles. The average Bonchev–Trinajstić information content (AvgIpc) is 3.28. The molecule has 39 heavy (non-hydrogen) atoms. The monoisotopic (exact) mass is 495 g/mol. The summed E-state index contributed by atoms with van der Waals surface area (Å²) in [5.74, 6) is -0.378. The third kappa shape index (κ3) is 4.50. The molecule has 5 rings (SSSR count). The molecule has 9 nitrogen and oxygen atoms in total. The second-order valence-corrected chi connectivity index (χ2v) is 9.41. The van der Waals surface area contributed by atoms with E-state index in [-0.39, 0.29) is 17.2 Å². The lowest BCUT2D eigenvalue weighted by Gasteiger charge is -2.70. The zero-order valence-electron chi connectivity index (χ0n) is 20.8. The first-order chi connectivity index (χ1) is 18.1. The van der Waals surface area contributed by atoms with Gasteiger partial charge in [-0.25, -0.2) is 15.0 Å². The number of amides is 1. The first-order valence-electron chi connectivity index (χ1n) is 11.5. The molecule has 1 saturated heterocycles. The smallest absolute Gasteiger partial charge is 0.257 e. The number of nitrogens with zero attached hydrogens (tertiary/aromatic N) is 6. The minimum absolute atomic E-state index is 0.0991. The Kier molecular flexibility index (Phi) is 6.37. The predicted molar refractivity (Wildman–Crippen MR) is 154 cm³/mol. The van der Waals surface area contributed by atoms with Crippen LogP contribution < -0.4 is 10.2 Å². The highest BCUT2D eigenvalue weighted by molar-refractivity contribution is 6.61. The van der Waals surface area contributed by atoms with Gasteiger partial charge in [0.05, 0.1) is 61.3 Å². The molecule has 1 fully saturated rings. The number of anilines is 2. The van der Waals surface area contributed by atoms with Gasteiger partial charge in [-0.2, -0.15) is 0 Å². The van der Waals surface area contributed by atoms with Crippen molar-refractivity contribution in [1.29, 1.82) is 0 Å². The third-order valence-corrected chi connectivity index (χ3v) is 6.49. The van der Waals surface area contributed by atoms with Crippen molar-refractivity contribution in [3.8, 4) is 11.3 Å². The molecular formula is C22H13B8N7O2. The fraction of sp³-hybridized carbons (Fsp3) is 0.227. The zero-order chi connectivity index (χ0) is 28.4. The Bertz CT molecular complexity index is 1570. The third-order valence-electron chi connectivity index (χ3n) is 6.49. The van der Waals surface area contributed by atoms with Crippen LogP contribution in [0.5, 0.6) is 0 Å². The van der Waals surface area contributed by atoms with Crippen molar-refractivity contribution in [2.45, 2.75) is 21.5 Å². The van der Waals surface area contributed by atoms with E-state index in [4.69, 9.17) is 67.5 Å². The molecule has 1 amide bonds. The standard InChI is InChI=1S/C22H13B8N7O2/c1-36-10-31-9-15(36)13-4-12-5-16(34-8-14(12)33-7-13)35-18(38)11-2-3-32-17(6-11)37-19(23,24)21(27,28)39-22(29,30)20(37,25)26/h2-10H,1H3,(H,34,35,38). The number of hydrogen-bond acceptors (Lipinski definition) is 7. The number of nitrogens with one attached hydrogen (secondary N) is 1. The molecule has 1 N–H and O–H groups in total. The highest BCUT2D eigenvalue weighted by Crippen LogP contribution is 2.42. The second kappa shape index (κ2) is 9.11. The van der Waals surface area contributed by atoms with Crippen LogP contribution in [0.2, 0.25) is 0 Å². The molecule has 0 aliphatic carbocycles. The van der Waals surface area contributed by atoms with E-state index in [9.17, 15) is 4.79 Å². The Hall–Kier alpha value is -3.33. The lowest BCUT2D eigenvalue weighted by molar-refractivity contribution is -0.0256. The van der Waals surface area contributed by atoms with Crippen LogP contribution in [0, 0.1) is 0 Å². The number of imidazole rings is 1. The highest BCUT2D eigenvalue weighted by atomic mass is 16.5. The topological polar surface area (TPSA) is 98.1 Å². The Morgan fingerprint density at radius 2 is 1.59 bits per heavy atom. The van der Waals surface area contributed by atoms with Gasteiger partial charge in [0.15, 0.2) is 0 Å². The number of fused-ring (bicyclic) bond motifs is 1. The van der Waals surface area contributed by atoms with Gasteiger partial charge in [-0.3, -0.25) is 9.78 Å². The highest BCUT2D eigenvalue weighted by Gasteiger charge is 2.57. The van der Waals surface area contributed by atoms with Crippen LogP contribution >= 0.6 is 0 Å². The summed E-state index contributed by atoms with van der Waals surface area (Å²) in [6, 6.07) is 6.34.